The fourth-order valence-electron chi connectivity index (χ4n) is 5.76. The van der Waals surface area contributed by atoms with Crippen LogP contribution >= 0.6 is 11.6 Å². The zero-order chi connectivity index (χ0) is 37.4. The first-order valence-corrected chi connectivity index (χ1v) is 22.0. The van der Waals surface area contributed by atoms with Crippen LogP contribution in [0.2, 0.25) is 0 Å². The molecule has 0 bridgehead atoms. The van der Waals surface area contributed by atoms with Crippen molar-refractivity contribution in [3.63, 3.8) is 0 Å². The van der Waals surface area contributed by atoms with Gasteiger partial charge in [-0.2, -0.15) is 0 Å². The van der Waals surface area contributed by atoms with E-state index >= 15 is 0 Å². The highest BCUT2D eigenvalue weighted by molar-refractivity contribution is 6.18. The molecule has 0 aliphatic rings. The van der Waals surface area contributed by atoms with E-state index in [1.54, 1.807) is 0 Å². The number of amides is 2. The van der Waals surface area contributed by atoms with Crippen LogP contribution in [0.1, 0.15) is 206 Å². The summed E-state index contributed by atoms with van der Waals surface area (Å²) in [5.74, 6) is 0.398. The predicted octanol–water partition coefficient (Wildman–Crippen LogP) is 12.1. The molecule has 0 heterocycles. The topological polar surface area (TPSA) is 99.8 Å². The van der Waals surface area contributed by atoms with Crippen LogP contribution in [0.15, 0.2) is 4.99 Å². The van der Waals surface area contributed by atoms with Crippen molar-refractivity contribution in [2.75, 3.05) is 52.7 Å². The molecule has 0 aromatic rings. The lowest BCUT2D eigenvalue weighted by Crippen LogP contribution is -2.39. The van der Waals surface area contributed by atoms with Gasteiger partial charge < -0.3 is 21.3 Å². The lowest BCUT2D eigenvalue weighted by molar-refractivity contribution is 0.239. The number of isocyanates is 1. The van der Waals surface area contributed by atoms with Crippen molar-refractivity contribution in [1.29, 1.82) is 0 Å². The Kier molecular flexibility index (Phi) is 55.6. The van der Waals surface area contributed by atoms with Crippen molar-refractivity contribution in [3.8, 4) is 0 Å². The van der Waals surface area contributed by atoms with E-state index in [1.807, 2.05) is 14.1 Å². The van der Waals surface area contributed by atoms with Crippen LogP contribution in [0.3, 0.4) is 0 Å². The van der Waals surface area contributed by atoms with Crippen molar-refractivity contribution in [1.82, 2.24) is 15.5 Å². The van der Waals surface area contributed by atoms with E-state index in [9.17, 15) is 9.59 Å². The molecule has 0 saturated heterocycles. The molecule has 0 unspecified atom stereocenters. The minimum Gasteiger partial charge on any atom is -0.338 e. The van der Waals surface area contributed by atoms with Gasteiger partial charge in [0.25, 0.3) is 0 Å². The molecule has 4 N–H and O–H groups in total. The molecule has 300 valence electrons. The average Bonchev–Trinajstić information content (AvgIpc) is 3.11. The Hall–Kier alpha value is -1.14. The highest BCUT2D eigenvalue weighted by atomic mass is 35.5. The summed E-state index contributed by atoms with van der Waals surface area (Å²) in [4.78, 5) is 26.0. The van der Waals surface area contributed by atoms with Gasteiger partial charge in [-0.15, -0.1) is 11.6 Å². The number of hydrogen-bond acceptors (Lipinski definition) is 5. The van der Waals surface area contributed by atoms with Crippen molar-refractivity contribution >= 4 is 23.7 Å². The molecule has 0 aliphatic heterocycles. The number of rotatable bonds is 36. The van der Waals surface area contributed by atoms with E-state index in [0.29, 0.717) is 19.0 Å². The number of unbranched alkanes of at least 4 members (excludes halogenated alkanes) is 28. The molecule has 50 heavy (non-hydrogen) atoms. The second-order valence-corrected chi connectivity index (χ2v) is 14.7. The highest BCUT2D eigenvalue weighted by Gasteiger charge is 1.99. The number of nitrogens with zero attached hydrogens (tertiary/aromatic N) is 2. The van der Waals surface area contributed by atoms with E-state index in [-0.39, 0.29) is 6.03 Å². The summed E-state index contributed by atoms with van der Waals surface area (Å²) in [5, 5.41) is 5.81. The van der Waals surface area contributed by atoms with Gasteiger partial charge in [-0.25, -0.2) is 14.6 Å². The molecule has 0 aromatic carbocycles. The van der Waals surface area contributed by atoms with Crippen molar-refractivity contribution in [3.05, 3.63) is 0 Å². The van der Waals surface area contributed by atoms with Gasteiger partial charge in [0.2, 0.25) is 6.08 Å². The molecule has 0 aliphatic carbocycles. The lowest BCUT2D eigenvalue weighted by Gasteiger charge is -2.11. The van der Waals surface area contributed by atoms with Crippen LogP contribution in [0, 0.1) is 0 Å². The van der Waals surface area contributed by atoms with Gasteiger partial charge >= 0.3 is 6.03 Å². The Morgan fingerprint density at radius 2 is 0.880 bits per heavy atom. The van der Waals surface area contributed by atoms with Gasteiger partial charge in [-0.05, 0) is 33.5 Å². The number of carbonyl (C=O) groups is 1. The first kappa shape index (κ1) is 53.2. The quantitative estimate of drug-likeness (QED) is 0.0259. The molecule has 0 fully saturated rings. The third-order valence-electron chi connectivity index (χ3n) is 8.98. The summed E-state index contributed by atoms with van der Waals surface area (Å²) >= 11 is 5.11. The van der Waals surface area contributed by atoms with E-state index in [1.165, 1.54) is 192 Å². The standard InChI is InChI=1S/C22H47N3O.C17H37N.C3H4ClNO/c1-4-5-6-7-8-9-10-11-12-13-14-15-16-17-18-19-23-22(26)24-20-21-25(2)3;1-2-3-4-5-6-7-8-9-10-11-12-13-14-15-16-17-18;4-1-2-5-3-6/h4-21H2,1-3H3,(H2,23,24,26);2-18H2,1H3;1-2H2. The fourth-order valence-corrected chi connectivity index (χ4v) is 5.84. The first-order chi connectivity index (χ1) is 24.5. The predicted molar refractivity (Wildman–Crippen MR) is 223 cm³/mol. The second-order valence-electron chi connectivity index (χ2n) is 14.3. The van der Waals surface area contributed by atoms with Crippen LogP contribution in [0.5, 0.6) is 0 Å². The van der Waals surface area contributed by atoms with Crippen LogP contribution < -0.4 is 16.4 Å². The molecule has 0 atom stereocenters. The molecule has 0 rings (SSSR count). The van der Waals surface area contributed by atoms with Gasteiger partial charge in [0.15, 0.2) is 0 Å². The molecule has 8 heteroatoms. The number of urea groups is 1. The Labute approximate surface area is 317 Å². The molecule has 0 spiro atoms. The van der Waals surface area contributed by atoms with Crippen LogP contribution in [-0.4, -0.2) is 69.7 Å². The van der Waals surface area contributed by atoms with Crippen molar-refractivity contribution in [2.45, 2.75) is 206 Å². The zero-order valence-electron chi connectivity index (χ0n) is 34.1. The third kappa shape index (κ3) is 59.0. The Balaban J connectivity index is -0.000000793. The van der Waals surface area contributed by atoms with Gasteiger partial charge in [0.05, 0.1) is 6.54 Å². The molecule has 0 aromatic heterocycles. The number of carbonyl (C=O) groups excluding carboxylic acids is 2. The average molecular weight is 731 g/mol. The number of aliphatic imine (C=N–C) groups is 1. The number of alkyl halides is 1. The Morgan fingerprint density at radius 3 is 1.16 bits per heavy atom. The van der Waals surface area contributed by atoms with Gasteiger partial charge in [-0.3, -0.25) is 0 Å². The van der Waals surface area contributed by atoms with Crippen LogP contribution in [0.25, 0.3) is 0 Å². The first-order valence-electron chi connectivity index (χ1n) is 21.5. The van der Waals surface area contributed by atoms with E-state index in [2.05, 4.69) is 34.4 Å². The molecular formula is C42H88ClN5O2. The normalized spacial score (nSPS) is 10.5. The van der Waals surface area contributed by atoms with Crippen molar-refractivity contribution in [2.24, 2.45) is 10.7 Å². The van der Waals surface area contributed by atoms with Crippen LogP contribution in [0.4, 0.5) is 4.79 Å². The second kappa shape index (κ2) is 52.2. The van der Waals surface area contributed by atoms with Crippen LogP contribution in [-0.2, 0) is 4.79 Å². The zero-order valence-corrected chi connectivity index (χ0v) is 34.9. The molecule has 2 amide bonds. The monoisotopic (exact) mass is 730 g/mol. The maximum atomic E-state index is 11.5. The lowest BCUT2D eigenvalue weighted by atomic mass is 10.0. The number of nitrogens with two attached hydrogens (primary N) is 1. The molecule has 0 radical (unpaired) electrons. The molecular weight excluding hydrogens is 642 g/mol. The summed E-state index contributed by atoms with van der Waals surface area (Å²) in [6, 6.07) is -0.0304. The largest absolute Gasteiger partial charge is 0.338 e. The summed E-state index contributed by atoms with van der Waals surface area (Å²) in [5.41, 5.74) is 5.48. The third-order valence-corrected chi connectivity index (χ3v) is 9.15. The van der Waals surface area contributed by atoms with Crippen molar-refractivity contribution < 1.29 is 9.59 Å². The van der Waals surface area contributed by atoms with E-state index < -0.39 is 0 Å². The van der Waals surface area contributed by atoms with Gasteiger partial charge in [0.1, 0.15) is 0 Å². The minimum atomic E-state index is -0.0304. The van der Waals surface area contributed by atoms with Gasteiger partial charge in [-0.1, -0.05) is 194 Å². The number of halogens is 1. The number of hydrogen-bond donors (Lipinski definition) is 3. The summed E-state index contributed by atoms with van der Waals surface area (Å²) in [6.07, 6.45) is 43.3. The van der Waals surface area contributed by atoms with Gasteiger partial charge in [0, 0.05) is 25.5 Å². The minimum absolute atomic E-state index is 0.0304. The Morgan fingerprint density at radius 1 is 0.560 bits per heavy atom. The SMILES string of the molecule is CCCCCCCCCCCCCCCCCN.CCCCCCCCCCCCCCCCCNC(=O)NCCN(C)C.O=C=NCCCl. The molecule has 0 saturated carbocycles. The number of likely N-dealkylation sites (N-methyl/N-ethyl adjacent to an activating group) is 1. The summed E-state index contributed by atoms with van der Waals surface area (Å²) in [6.45, 7) is 8.21. The Bertz CT molecular complexity index is 646. The maximum Gasteiger partial charge on any atom is 0.314 e. The maximum absolute atomic E-state index is 11.5. The smallest absolute Gasteiger partial charge is 0.314 e. The summed E-state index contributed by atoms with van der Waals surface area (Å²) < 4.78 is 0. The van der Waals surface area contributed by atoms with E-state index in [0.717, 1.165) is 26.1 Å². The summed E-state index contributed by atoms with van der Waals surface area (Å²) in [7, 11) is 4.02. The fraction of sp³-hybridized carbons (Fsp3) is 0.952. The molecule has 7 nitrogen and oxygen atoms in total. The van der Waals surface area contributed by atoms with E-state index in [4.69, 9.17) is 17.3 Å². The number of nitrogens with one attached hydrogen (secondary N) is 2. The highest BCUT2D eigenvalue weighted by Crippen LogP contribution is 2.14.